The molecule has 0 heterocycles. The largest absolute Gasteiger partial charge is 0.459 e. The molecule has 4 fully saturated rings. The molecule has 0 aliphatic heterocycles. The van der Waals surface area contributed by atoms with Crippen LogP contribution in [-0.2, 0) is 9.53 Å². The number of carbonyl (C=O) groups is 1. The molecule has 0 aromatic carbocycles. The molecular weight excluding hydrogens is 424 g/mol. The summed E-state index contributed by atoms with van der Waals surface area (Å²) >= 11 is 0. The van der Waals surface area contributed by atoms with E-state index in [1.54, 1.807) is 0 Å². The Bertz CT molecular complexity index is 753. The molecular formula is C30H52O4. The second-order valence-corrected chi connectivity index (χ2v) is 14.3. The quantitative estimate of drug-likeness (QED) is 0.429. The molecule has 4 aliphatic rings. The zero-order chi connectivity index (χ0) is 25.1. The molecule has 2 unspecified atom stereocenters. The molecule has 0 aromatic heterocycles. The van der Waals surface area contributed by atoms with Crippen molar-refractivity contribution in [2.24, 2.45) is 46.3 Å². The van der Waals surface area contributed by atoms with Gasteiger partial charge in [0.1, 0.15) is 11.7 Å². The number of fused-ring (bicyclic) bond motifs is 5. The highest BCUT2D eigenvalue weighted by atomic mass is 16.6. The van der Waals surface area contributed by atoms with E-state index in [1.807, 2.05) is 20.8 Å². The molecule has 34 heavy (non-hydrogen) atoms. The lowest BCUT2D eigenvalue weighted by Gasteiger charge is -2.64. The molecule has 4 rings (SSSR count). The summed E-state index contributed by atoms with van der Waals surface area (Å²) in [6.07, 6.45) is 12.3. The van der Waals surface area contributed by atoms with Crippen molar-refractivity contribution in [2.75, 3.05) is 0 Å². The monoisotopic (exact) mass is 476 g/mol. The summed E-state index contributed by atoms with van der Waals surface area (Å²) in [6.45, 7) is 14.8. The van der Waals surface area contributed by atoms with Crippen molar-refractivity contribution in [3.05, 3.63) is 0 Å². The van der Waals surface area contributed by atoms with Crippen LogP contribution in [0.5, 0.6) is 0 Å². The van der Waals surface area contributed by atoms with Crippen molar-refractivity contribution < 1.29 is 19.7 Å². The number of hydrogen-bond donors (Lipinski definition) is 2. The molecule has 0 amide bonds. The van der Waals surface area contributed by atoms with E-state index in [9.17, 15) is 15.0 Å². The fourth-order valence-electron chi connectivity index (χ4n) is 10.1. The topological polar surface area (TPSA) is 66.8 Å². The highest BCUT2D eigenvalue weighted by Crippen LogP contribution is 2.69. The van der Waals surface area contributed by atoms with Crippen molar-refractivity contribution in [1.29, 1.82) is 0 Å². The van der Waals surface area contributed by atoms with Crippen LogP contribution in [0.15, 0.2) is 0 Å². The van der Waals surface area contributed by atoms with E-state index in [-0.39, 0.29) is 23.4 Å². The van der Waals surface area contributed by atoms with Crippen molar-refractivity contribution in [3.63, 3.8) is 0 Å². The number of rotatable bonds is 6. The normalized spacial score (nSPS) is 47.3. The van der Waals surface area contributed by atoms with Crippen molar-refractivity contribution in [2.45, 2.75) is 136 Å². The van der Waals surface area contributed by atoms with Crippen molar-refractivity contribution >= 4 is 5.97 Å². The van der Waals surface area contributed by atoms with Gasteiger partial charge in [-0.15, -0.1) is 0 Å². The highest BCUT2D eigenvalue weighted by molar-refractivity contribution is 5.66. The molecule has 0 saturated heterocycles. The Labute approximate surface area is 208 Å². The second kappa shape index (κ2) is 9.05. The van der Waals surface area contributed by atoms with Gasteiger partial charge in [-0.05, 0) is 125 Å². The lowest BCUT2D eigenvalue weighted by atomic mass is 9.42. The lowest BCUT2D eigenvalue weighted by molar-refractivity contribution is -0.227. The van der Waals surface area contributed by atoms with Crippen molar-refractivity contribution in [1.82, 2.24) is 0 Å². The SMILES string of the molecule is CC(=O)O[C@H]1CC[C@]2(C)[C@H]3CC[C@]4(C)[C@@H](C(C)CCCC(C)(C)O)CC[C@H]4[C@@H]3CC[C@H]2C1(C)O. The molecule has 2 N–H and O–H groups in total. The van der Waals surface area contributed by atoms with Gasteiger partial charge >= 0.3 is 5.97 Å². The van der Waals surface area contributed by atoms with Crippen LogP contribution >= 0.6 is 0 Å². The van der Waals surface area contributed by atoms with Gasteiger partial charge in [0.15, 0.2) is 0 Å². The Morgan fingerprint density at radius 3 is 2.29 bits per heavy atom. The Morgan fingerprint density at radius 2 is 1.65 bits per heavy atom. The van der Waals surface area contributed by atoms with E-state index >= 15 is 0 Å². The van der Waals surface area contributed by atoms with Gasteiger partial charge < -0.3 is 14.9 Å². The molecule has 4 nitrogen and oxygen atoms in total. The lowest BCUT2D eigenvalue weighted by Crippen LogP contribution is -2.63. The third-order valence-corrected chi connectivity index (χ3v) is 11.7. The number of esters is 1. The van der Waals surface area contributed by atoms with Crippen LogP contribution in [0.25, 0.3) is 0 Å². The summed E-state index contributed by atoms with van der Waals surface area (Å²) < 4.78 is 5.61. The maximum atomic E-state index is 11.7. The zero-order valence-electron chi connectivity index (χ0n) is 23.0. The van der Waals surface area contributed by atoms with Crippen LogP contribution in [0, 0.1) is 46.3 Å². The van der Waals surface area contributed by atoms with E-state index in [0.29, 0.717) is 11.3 Å². The van der Waals surface area contributed by atoms with Gasteiger partial charge in [0.05, 0.1) is 5.60 Å². The fourth-order valence-corrected chi connectivity index (χ4v) is 10.1. The molecule has 0 spiro atoms. The second-order valence-electron chi connectivity index (χ2n) is 14.3. The predicted molar refractivity (Wildman–Crippen MR) is 136 cm³/mol. The molecule has 0 aromatic rings. The number of ether oxygens (including phenoxy) is 1. The van der Waals surface area contributed by atoms with Gasteiger partial charge in [0.25, 0.3) is 0 Å². The van der Waals surface area contributed by atoms with Crippen LogP contribution in [0.4, 0.5) is 0 Å². The molecule has 10 atom stereocenters. The average molecular weight is 477 g/mol. The van der Waals surface area contributed by atoms with Gasteiger partial charge in [-0.2, -0.15) is 0 Å². The standard InChI is InChI=1S/C30H52O4/c1-19(9-8-16-27(3,4)32)22-11-12-23-21-10-13-25-29(6,24(21)14-17-28(22,23)5)18-15-26(30(25,7)33)34-20(2)31/h19,21-26,32-33H,8-18H2,1-7H3/t19?,21-,22+,23-,24-,25+,26-,28+,29+,30?/m0/s1. The minimum absolute atomic E-state index is 0.140. The van der Waals surface area contributed by atoms with E-state index in [4.69, 9.17) is 4.74 Å². The first-order valence-electron chi connectivity index (χ1n) is 14.3. The summed E-state index contributed by atoms with van der Waals surface area (Å²) in [4.78, 5) is 11.7. The minimum Gasteiger partial charge on any atom is -0.459 e. The number of carbonyl (C=O) groups excluding carboxylic acids is 1. The third-order valence-electron chi connectivity index (χ3n) is 11.7. The highest BCUT2D eigenvalue weighted by Gasteiger charge is 2.64. The Morgan fingerprint density at radius 1 is 1.00 bits per heavy atom. The van der Waals surface area contributed by atoms with Gasteiger partial charge in [-0.25, -0.2) is 0 Å². The fraction of sp³-hybridized carbons (Fsp3) is 0.967. The summed E-state index contributed by atoms with van der Waals surface area (Å²) in [5.41, 5.74) is -0.905. The zero-order valence-corrected chi connectivity index (χ0v) is 23.0. The summed E-state index contributed by atoms with van der Waals surface area (Å²) in [6, 6.07) is 0. The predicted octanol–water partition coefficient (Wildman–Crippen LogP) is 6.52. The van der Waals surface area contributed by atoms with Gasteiger partial charge in [0.2, 0.25) is 0 Å². The average Bonchev–Trinajstić information content (AvgIpc) is 3.06. The van der Waals surface area contributed by atoms with E-state index in [1.165, 1.54) is 45.4 Å². The molecule has 4 heteroatoms. The number of aliphatic hydroxyl groups is 2. The molecule has 4 aliphatic carbocycles. The maximum absolute atomic E-state index is 11.7. The van der Waals surface area contributed by atoms with Crippen LogP contribution < -0.4 is 0 Å². The van der Waals surface area contributed by atoms with Gasteiger partial charge in [-0.1, -0.05) is 33.6 Å². The summed E-state index contributed by atoms with van der Waals surface area (Å²) in [5.74, 6) is 3.72. The Kier molecular flexibility index (Phi) is 7.04. The van der Waals surface area contributed by atoms with E-state index in [2.05, 4.69) is 20.8 Å². The van der Waals surface area contributed by atoms with E-state index < -0.39 is 11.2 Å². The molecule has 0 bridgehead atoms. The molecule has 4 saturated carbocycles. The summed E-state index contributed by atoms with van der Waals surface area (Å²) in [7, 11) is 0. The maximum Gasteiger partial charge on any atom is 0.303 e. The Hall–Kier alpha value is -0.610. The van der Waals surface area contributed by atoms with Crippen LogP contribution in [0.1, 0.15) is 119 Å². The van der Waals surface area contributed by atoms with Crippen LogP contribution in [0.2, 0.25) is 0 Å². The van der Waals surface area contributed by atoms with E-state index in [0.717, 1.165) is 55.8 Å². The molecule has 196 valence electrons. The van der Waals surface area contributed by atoms with Crippen molar-refractivity contribution in [3.8, 4) is 0 Å². The van der Waals surface area contributed by atoms with Crippen LogP contribution in [-0.4, -0.2) is 33.5 Å². The minimum atomic E-state index is -0.933. The first-order valence-corrected chi connectivity index (χ1v) is 14.3. The Balaban J connectivity index is 1.48. The smallest absolute Gasteiger partial charge is 0.303 e. The van der Waals surface area contributed by atoms with Gasteiger partial charge in [-0.3, -0.25) is 4.79 Å². The summed E-state index contributed by atoms with van der Waals surface area (Å²) in [5, 5.41) is 21.8. The first kappa shape index (κ1) is 26.5. The van der Waals surface area contributed by atoms with Crippen LogP contribution in [0.3, 0.4) is 0 Å². The molecule has 0 radical (unpaired) electrons. The first-order chi connectivity index (χ1) is 15.7. The van der Waals surface area contributed by atoms with Gasteiger partial charge in [0, 0.05) is 6.92 Å². The third kappa shape index (κ3) is 4.49. The number of hydrogen-bond acceptors (Lipinski definition) is 4.